The molecule has 11 rings (SSSR count). The fourth-order valence-electron chi connectivity index (χ4n) is 12.1. The molecule has 3 saturated heterocycles. The Bertz CT molecular complexity index is 2820. The molecule has 3 aromatic carbocycles. The van der Waals surface area contributed by atoms with Gasteiger partial charge in [0.1, 0.15) is 6.07 Å². The number of amides is 1. The summed E-state index contributed by atoms with van der Waals surface area (Å²) in [6.45, 7) is 9.61. The fourth-order valence-corrected chi connectivity index (χ4v) is 12.3. The second kappa shape index (κ2) is 18.2. The summed E-state index contributed by atoms with van der Waals surface area (Å²) in [5.74, 6) is 8.35. The minimum absolute atomic E-state index is 0.00165. The highest BCUT2D eigenvalue weighted by atomic mass is 35.5. The number of aryl methyl sites for hydroxylation is 2. The predicted octanol–water partition coefficient (Wildman–Crippen LogP) is 9.70. The number of rotatable bonds is 7. The van der Waals surface area contributed by atoms with Crippen molar-refractivity contribution in [3.63, 3.8) is 0 Å². The summed E-state index contributed by atoms with van der Waals surface area (Å²) >= 11 is 6.36. The highest BCUT2D eigenvalue weighted by molar-refractivity contribution is 6.32. The van der Waals surface area contributed by atoms with E-state index in [1.165, 1.54) is 30.6 Å². The lowest BCUT2D eigenvalue weighted by Crippen LogP contribution is -2.48. The molecule has 0 bridgehead atoms. The van der Waals surface area contributed by atoms with Gasteiger partial charge in [0, 0.05) is 136 Å². The molecule has 0 unspecified atom stereocenters. The molecule has 11 nitrogen and oxygen atoms in total. The number of anilines is 4. The highest BCUT2D eigenvalue weighted by Crippen LogP contribution is 2.46. The summed E-state index contributed by atoms with van der Waals surface area (Å²) in [6.07, 6.45) is 10.9. The average Bonchev–Trinajstić information content (AvgIpc) is 4.08. The van der Waals surface area contributed by atoms with E-state index in [0.717, 1.165) is 118 Å². The molecule has 1 amide bonds. The zero-order valence-corrected chi connectivity index (χ0v) is 39.9. The molecule has 2 aromatic heterocycles. The summed E-state index contributed by atoms with van der Waals surface area (Å²) in [5, 5.41) is 19.4. The molecule has 5 aromatic rings. The number of alkyl halides is 2. The average molecular weight is 938 g/mol. The molecular formula is C54H59ClF2N10O. The third kappa shape index (κ3) is 8.51. The number of carbonyl (C=O) groups excluding carboxylic acids is 1. The van der Waals surface area contributed by atoms with E-state index in [1.807, 2.05) is 29.2 Å². The van der Waals surface area contributed by atoms with E-state index >= 15 is 0 Å². The number of aromatic nitrogens is 4. The van der Waals surface area contributed by atoms with E-state index in [9.17, 15) is 18.8 Å². The Morgan fingerprint density at radius 2 is 1.65 bits per heavy atom. The van der Waals surface area contributed by atoms with E-state index < -0.39 is 6.43 Å². The summed E-state index contributed by atoms with van der Waals surface area (Å²) < 4.78 is 33.4. The minimum Gasteiger partial charge on any atom is -0.371 e. The van der Waals surface area contributed by atoms with Gasteiger partial charge in [-0.25, -0.2) is 8.78 Å². The van der Waals surface area contributed by atoms with Crippen molar-refractivity contribution in [1.29, 1.82) is 5.26 Å². The van der Waals surface area contributed by atoms with Gasteiger partial charge in [0.2, 0.25) is 5.91 Å². The first kappa shape index (κ1) is 44.6. The monoisotopic (exact) mass is 936 g/mol. The summed E-state index contributed by atoms with van der Waals surface area (Å²) in [7, 11) is 1.80. The smallest absolute Gasteiger partial charge is 0.264 e. The Labute approximate surface area is 403 Å². The molecule has 0 radical (unpaired) electrons. The largest absolute Gasteiger partial charge is 0.371 e. The third-order valence-corrected chi connectivity index (χ3v) is 16.5. The molecule has 5 aliphatic heterocycles. The van der Waals surface area contributed by atoms with Crippen LogP contribution in [0.5, 0.6) is 0 Å². The first-order valence-corrected chi connectivity index (χ1v) is 25.0. The van der Waals surface area contributed by atoms with Crippen molar-refractivity contribution in [1.82, 2.24) is 29.4 Å². The number of piperidine rings is 2. The number of fused-ring (bicyclic) bond motifs is 2. The first-order chi connectivity index (χ1) is 33.0. The van der Waals surface area contributed by atoms with E-state index in [4.69, 9.17) is 16.7 Å². The number of carbonyl (C=O) groups is 1. The van der Waals surface area contributed by atoms with Crippen molar-refractivity contribution in [2.75, 3.05) is 67.1 Å². The molecule has 1 saturated carbocycles. The van der Waals surface area contributed by atoms with Crippen LogP contribution in [0, 0.1) is 34.5 Å². The topological polar surface area (TPSA) is 92.7 Å². The predicted molar refractivity (Wildman–Crippen MR) is 263 cm³/mol. The van der Waals surface area contributed by atoms with Gasteiger partial charge in [-0.2, -0.15) is 15.5 Å². The Morgan fingerprint density at radius 3 is 2.34 bits per heavy atom. The maximum Gasteiger partial charge on any atom is 0.264 e. The standard InChI is InChI=1S/C54H59ClF2N10O/c1-36(68)64-22-15-50-48(34-64)53(66-19-3-4-39-28-46(41-32-59-61(2)33-41)47(52(56)57)30-51(39)66)60-67(50)43-13-20-62(21-14-43)45-26-38(27-45)6-5-37-7-10-42(11-8-37)63-23-16-54(17-24-63)18-25-65(35-54)44-12-9-40(31-58)49(55)29-44/h7-12,28-30,32-33,38,43,45,52H,3-4,13-27,34-35H2,1-2H3. The van der Waals surface area contributed by atoms with Crippen LogP contribution < -0.4 is 14.7 Å². The van der Waals surface area contributed by atoms with Crippen molar-refractivity contribution in [2.24, 2.45) is 18.4 Å². The second-order valence-electron chi connectivity index (χ2n) is 20.3. The quantitative estimate of drug-likeness (QED) is 0.149. The number of hydrogen-bond acceptors (Lipinski definition) is 8. The van der Waals surface area contributed by atoms with E-state index in [0.29, 0.717) is 58.7 Å². The highest BCUT2D eigenvalue weighted by Gasteiger charge is 2.41. The molecule has 1 spiro atoms. The molecule has 14 heteroatoms. The van der Waals surface area contributed by atoms with Gasteiger partial charge in [0.25, 0.3) is 6.43 Å². The molecule has 7 heterocycles. The summed E-state index contributed by atoms with van der Waals surface area (Å²) in [5.41, 5.74) is 9.59. The Morgan fingerprint density at radius 1 is 0.897 bits per heavy atom. The van der Waals surface area contributed by atoms with Crippen LogP contribution in [0.15, 0.2) is 67.0 Å². The fraction of sp³-hybridized carbons (Fsp3) is 0.481. The van der Waals surface area contributed by atoms with Crippen molar-refractivity contribution in [3.05, 3.63) is 106 Å². The Kier molecular flexibility index (Phi) is 11.9. The number of nitriles is 1. The Balaban J connectivity index is 0.702. The van der Waals surface area contributed by atoms with Gasteiger partial charge in [0.05, 0.1) is 29.4 Å². The van der Waals surface area contributed by atoms with Crippen LogP contribution in [0.4, 0.5) is 31.7 Å². The second-order valence-corrected chi connectivity index (χ2v) is 20.7. The summed E-state index contributed by atoms with van der Waals surface area (Å²) in [4.78, 5) is 24.3. The van der Waals surface area contributed by atoms with Gasteiger partial charge >= 0.3 is 0 Å². The molecule has 0 N–H and O–H groups in total. The molecule has 0 atom stereocenters. The third-order valence-electron chi connectivity index (χ3n) is 16.2. The van der Waals surface area contributed by atoms with Crippen LogP contribution in [0.3, 0.4) is 0 Å². The van der Waals surface area contributed by atoms with Crippen LogP contribution in [-0.4, -0.2) is 93.7 Å². The van der Waals surface area contributed by atoms with E-state index in [-0.39, 0.29) is 17.5 Å². The van der Waals surface area contributed by atoms with Crippen molar-refractivity contribution in [3.8, 4) is 29.0 Å². The molecular weight excluding hydrogens is 878 g/mol. The van der Waals surface area contributed by atoms with Gasteiger partial charge in [-0.1, -0.05) is 23.4 Å². The number of nitrogens with zero attached hydrogens (tertiary/aromatic N) is 10. The molecule has 1 aliphatic carbocycles. The summed E-state index contributed by atoms with van der Waals surface area (Å²) in [6, 6.07) is 21.2. The van der Waals surface area contributed by atoms with Crippen LogP contribution >= 0.6 is 11.6 Å². The Hall–Kier alpha value is -5.89. The zero-order chi connectivity index (χ0) is 46.7. The SMILES string of the molecule is CC(=O)N1CCc2c(c(N3CCCc4cc(-c5cnn(C)c5)c(C(F)F)cc43)nn2C2CCN(C3CC(C#Cc4ccc(N5CCC6(CC5)CCN(c5ccc(C#N)c(Cl)c5)C6)cc4)C3)CC2)C1. The van der Waals surface area contributed by atoms with E-state index in [1.54, 1.807) is 37.1 Å². The van der Waals surface area contributed by atoms with E-state index in [2.05, 4.69) is 71.6 Å². The van der Waals surface area contributed by atoms with Crippen LogP contribution in [0.25, 0.3) is 11.1 Å². The minimum atomic E-state index is -2.64. The van der Waals surface area contributed by atoms with Gasteiger partial charge in [0.15, 0.2) is 5.82 Å². The lowest BCUT2D eigenvalue weighted by Gasteiger charge is -2.44. The lowest BCUT2D eigenvalue weighted by molar-refractivity contribution is -0.129. The van der Waals surface area contributed by atoms with Crippen LogP contribution in [0.1, 0.15) is 104 Å². The van der Waals surface area contributed by atoms with Gasteiger partial charge in [-0.05, 0) is 129 Å². The lowest BCUT2D eigenvalue weighted by atomic mass is 9.77. The maximum atomic E-state index is 14.8. The number of halogens is 3. The van der Waals surface area contributed by atoms with Crippen LogP contribution in [0.2, 0.25) is 5.02 Å². The van der Waals surface area contributed by atoms with Gasteiger partial charge < -0.3 is 24.5 Å². The van der Waals surface area contributed by atoms with Crippen molar-refractivity contribution in [2.45, 2.75) is 96.2 Å². The molecule has 68 heavy (non-hydrogen) atoms. The maximum absolute atomic E-state index is 14.8. The van der Waals surface area contributed by atoms with Crippen molar-refractivity contribution < 1.29 is 13.6 Å². The van der Waals surface area contributed by atoms with Gasteiger partial charge in [-0.15, -0.1) is 0 Å². The zero-order valence-electron chi connectivity index (χ0n) is 39.1. The number of benzene rings is 3. The van der Waals surface area contributed by atoms with Crippen molar-refractivity contribution >= 4 is 40.4 Å². The molecule has 6 aliphatic rings. The number of hydrogen-bond donors (Lipinski definition) is 0. The first-order valence-electron chi connectivity index (χ1n) is 24.6. The van der Waals surface area contributed by atoms with Crippen LogP contribution in [-0.2, 0) is 31.2 Å². The number of likely N-dealkylation sites (tertiary alicyclic amines) is 1. The normalized spacial score (nSPS) is 21.6. The van der Waals surface area contributed by atoms with Gasteiger partial charge in [-0.3, -0.25) is 14.2 Å². The molecule has 352 valence electrons. The molecule has 4 fully saturated rings.